The molecule has 1 aromatic heterocycles. The average molecular weight is 497 g/mol. The maximum absolute atomic E-state index is 14.4. The van der Waals surface area contributed by atoms with Gasteiger partial charge >= 0.3 is 0 Å². The topological polar surface area (TPSA) is 89.7 Å². The molecule has 1 saturated heterocycles. The quantitative estimate of drug-likeness (QED) is 0.449. The van der Waals surface area contributed by atoms with Gasteiger partial charge in [-0.25, -0.2) is 4.39 Å². The summed E-state index contributed by atoms with van der Waals surface area (Å²) in [5.74, 6) is 1.26. The first-order valence-electron chi connectivity index (χ1n) is 12.5. The number of nitrogens with zero attached hydrogens (tertiary/aromatic N) is 2. The van der Waals surface area contributed by atoms with Crippen LogP contribution in [-0.2, 0) is 11.2 Å². The summed E-state index contributed by atoms with van der Waals surface area (Å²) in [6.07, 6.45) is 4.22. The predicted molar refractivity (Wildman–Crippen MR) is 142 cm³/mol. The second kappa shape index (κ2) is 13.1. The molecule has 1 fully saturated rings. The smallest absolute Gasteiger partial charge is 0.233 e. The second-order valence-electron chi connectivity index (χ2n) is 8.75. The van der Waals surface area contributed by atoms with Crippen LogP contribution in [0.4, 0.5) is 10.1 Å². The van der Waals surface area contributed by atoms with E-state index in [1.54, 1.807) is 32.5 Å². The Morgan fingerprint density at radius 3 is 2.72 bits per heavy atom. The van der Waals surface area contributed by atoms with Crippen LogP contribution < -0.4 is 20.5 Å². The summed E-state index contributed by atoms with van der Waals surface area (Å²) >= 11 is 0. The number of piperidine rings is 1. The van der Waals surface area contributed by atoms with Crippen LogP contribution in [0.3, 0.4) is 0 Å². The number of likely N-dealkylation sites (N-methyl/N-ethyl adjacent to an activating group) is 1. The molecule has 0 bridgehead atoms. The number of carbonyl (C=O) groups excluding carboxylic acids is 1. The van der Waals surface area contributed by atoms with Crippen LogP contribution >= 0.6 is 0 Å². The molecule has 2 heterocycles. The molecule has 194 valence electrons. The largest absolute Gasteiger partial charge is 0.493 e. The van der Waals surface area contributed by atoms with Gasteiger partial charge in [0.15, 0.2) is 11.5 Å². The summed E-state index contributed by atoms with van der Waals surface area (Å²) < 4.78 is 26.2. The zero-order chi connectivity index (χ0) is 26.1. The van der Waals surface area contributed by atoms with E-state index in [-0.39, 0.29) is 11.7 Å². The number of fused-ring (bicyclic) bond motifs is 1. The van der Waals surface area contributed by atoms with E-state index in [1.807, 2.05) is 32.0 Å². The van der Waals surface area contributed by atoms with Crippen molar-refractivity contribution in [3.8, 4) is 11.5 Å². The fourth-order valence-corrected chi connectivity index (χ4v) is 4.47. The molecule has 7 nitrogen and oxygen atoms in total. The maximum Gasteiger partial charge on any atom is 0.233 e. The third-order valence-corrected chi connectivity index (χ3v) is 6.30. The van der Waals surface area contributed by atoms with Crippen molar-refractivity contribution in [1.82, 2.24) is 15.2 Å². The van der Waals surface area contributed by atoms with Crippen LogP contribution in [0.2, 0.25) is 0 Å². The summed E-state index contributed by atoms with van der Waals surface area (Å²) in [6, 6.07) is 10.4. The van der Waals surface area contributed by atoms with Crippen LogP contribution in [-0.4, -0.2) is 56.2 Å². The van der Waals surface area contributed by atoms with E-state index in [9.17, 15) is 9.18 Å². The Balaban J connectivity index is 0.00000176. The zero-order valence-electron chi connectivity index (χ0n) is 21.6. The molecule has 0 spiro atoms. The number of hydrogen-bond donors (Lipinski definition) is 2. The number of rotatable bonds is 8. The van der Waals surface area contributed by atoms with Crippen LogP contribution in [0, 0.1) is 11.7 Å². The van der Waals surface area contributed by atoms with Gasteiger partial charge in [-0.05, 0) is 54.8 Å². The Morgan fingerprint density at radius 2 is 2.00 bits per heavy atom. The van der Waals surface area contributed by atoms with Crippen molar-refractivity contribution in [3.05, 3.63) is 59.5 Å². The fraction of sp³-hybridized carbons (Fsp3) is 0.429. The van der Waals surface area contributed by atoms with Crippen molar-refractivity contribution in [2.24, 2.45) is 5.92 Å². The lowest BCUT2D eigenvalue weighted by molar-refractivity contribution is -0.122. The van der Waals surface area contributed by atoms with Crippen molar-refractivity contribution in [1.29, 1.82) is 0 Å². The number of nitrogens with one attached hydrogen (secondary N) is 1. The summed E-state index contributed by atoms with van der Waals surface area (Å²) in [5.41, 5.74) is 8.35. The van der Waals surface area contributed by atoms with Crippen molar-refractivity contribution in [2.45, 2.75) is 33.1 Å². The molecule has 3 N–H and O–H groups in total. The number of methoxy groups -OCH3 is 1. The molecule has 4 rings (SSSR count). The molecule has 8 heteroatoms. The Kier molecular flexibility index (Phi) is 9.87. The number of carbonyl (C=O) groups is 1. The number of hydrogen-bond acceptors (Lipinski definition) is 6. The van der Waals surface area contributed by atoms with E-state index in [2.05, 4.69) is 15.2 Å². The third-order valence-electron chi connectivity index (χ3n) is 6.30. The number of likely N-dealkylation sites (tertiary alicyclic amines) is 1. The van der Waals surface area contributed by atoms with Gasteiger partial charge in [-0.2, -0.15) is 0 Å². The monoisotopic (exact) mass is 496 g/mol. The lowest BCUT2D eigenvalue weighted by Gasteiger charge is -2.32. The highest BCUT2D eigenvalue weighted by Crippen LogP contribution is 2.34. The normalized spacial score (nSPS) is 15.6. The summed E-state index contributed by atoms with van der Waals surface area (Å²) in [4.78, 5) is 18.4. The molecule has 2 aromatic carbocycles. The summed E-state index contributed by atoms with van der Waals surface area (Å²) in [7, 11) is 3.26. The summed E-state index contributed by atoms with van der Waals surface area (Å²) in [5, 5.41) is 3.57. The number of anilines is 1. The minimum absolute atomic E-state index is 0.0264. The third kappa shape index (κ3) is 6.85. The molecule has 1 amide bonds. The molecule has 1 aliphatic heterocycles. The van der Waals surface area contributed by atoms with Gasteiger partial charge in [-0.3, -0.25) is 14.7 Å². The number of aromatic nitrogens is 1. The van der Waals surface area contributed by atoms with Crippen molar-refractivity contribution in [2.75, 3.05) is 46.1 Å². The lowest BCUT2D eigenvalue weighted by Crippen LogP contribution is -2.43. The Labute approximate surface area is 212 Å². The fourth-order valence-electron chi connectivity index (χ4n) is 4.47. The van der Waals surface area contributed by atoms with Crippen molar-refractivity contribution >= 4 is 22.5 Å². The number of nitrogens with two attached hydrogens (primary N) is 1. The second-order valence-corrected chi connectivity index (χ2v) is 8.75. The molecule has 1 aliphatic rings. The molecule has 0 saturated carbocycles. The number of benzene rings is 2. The standard InChI is InChI=1S/C26H31FN4O3.C2H6/c1-29-26(32)15-31-9-3-4-17(14-31)16-34-25-13-23-21(12-24(25)33-2)18(7-8-30-23)10-19-5-6-20(28)11-22(19)27;1-2/h5-8,11-13,17H,3-4,9-10,14-16,28H2,1-2H3,(H,29,32);1-2H3. The Hall–Kier alpha value is -3.39. The minimum Gasteiger partial charge on any atom is -0.493 e. The van der Waals surface area contributed by atoms with E-state index in [4.69, 9.17) is 15.2 Å². The molecule has 0 aliphatic carbocycles. The van der Waals surface area contributed by atoms with E-state index < -0.39 is 0 Å². The molecule has 3 aromatic rings. The van der Waals surface area contributed by atoms with E-state index in [1.165, 1.54) is 6.07 Å². The van der Waals surface area contributed by atoms with Gasteiger partial charge < -0.3 is 20.5 Å². The average Bonchev–Trinajstić information content (AvgIpc) is 2.90. The van der Waals surface area contributed by atoms with Crippen molar-refractivity contribution < 1.29 is 18.7 Å². The first-order valence-corrected chi connectivity index (χ1v) is 12.5. The van der Waals surface area contributed by atoms with Gasteiger partial charge in [0.2, 0.25) is 5.91 Å². The van der Waals surface area contributed by atoms with Crippen molar-refractivity contribution in [3.63, 3.8) is 0 Å². The van der Waals surface area contributed by atoms with Gasteiger partial charge in [0.1, 0.15) is 5.82 Å². The first-order chi connectivity index (χ1) is 17.5. The number of halogens is 1. The van der Waals surface area contributed by atoms with E-state index in [0.717, 1.165) is 42.4 Å². The van der Waals surface area contributed by atoms with Gasteiger partial charge in [0.05, 0.1) is 25.8 Å². The van der Waals surface area contributed by atoms with Gasteiger partial charge in [-0.1, -0.05) is 19.9 Å². The SMILES string of the molecule is CC.CNC(=O)CN1CCCC(COc2cc3nccc(Cc4ccc(N)cc4F)c3cc2OC)C1. The van der Waals surface area contributed by atoms with Gasteiger partial charge in [-0.15, -0.1) is 0 Å². The van der Waals surface area contributed by atoms with Crippen LogP contribution in [0.1, 0.15) is 37.8 Å². The number of amides is 1. The maximum atomic E-state index is 14.4. The van der Waals surface area contributed by atoms with Gasteiger partial charge in [0.25, 0.3) is 0 Å². The number of nitrogen functional groups attached to an aromatic ring is 1. The zero-order valence-corrected chi connectivity index (χ0v) is 21.6. The highest BCUT2D eigenvalue weighted by Gasteiger charge is 2.22. The molecule has 1 unspecified atom stereocenters. The number of ether oxygens (including phenoxy) is 2. The van der Waals surface area contributed by atoms with E-state index >= 15 is 0 Å². The highest BCUT2D eigenvalue weighted by molar-refractivity contribution is 5.86. The number of pyridine rings is 1. The summed E-state index contributed by atoms with van der Waals surface area (Å²) in [6.45, 7) is 6.68. The van der Waals surface area contributed by atoms with Crippen LogP contribution in [0.5, 0.6) is 11.5 Å². The Bertz CT molecular complexity index is 1170. The van der Waals surface area contributed by atoms with Gasteiger partial charge in [0, 0.05) is 49.3 Å². The highest BCUT2D eigenvalue weighted by atomic mass is 19.1. The molecule has 1 atom stereocenters. The van der Waals surface area contributed by atoms with E-state index in [0.29, 0.717) is 48.2 Å². The Morgan fingerprint density at radius 1 is 1.19 bits per heavy atom. The van der Waals surface area contributed by atoms with Crippen LogP contribution in [0.15, 0.2) is 42.6 Å². The lowest BCUT2D eigenvalue weighted by atomic mass is 9.99. The van der Waals surface area contributed by atoms with Crippen LogP contribution in [0.25, 0.3) is 10.9 Å². The first kappa shape index (κ1) is 27.2. The predicted octanol–water partition coefficient (Wildman–Crippen LogP) is 4.42. The molecule has 36 heavy (non-hydrogen) atoms. The molecule has 0 radical (unpaired) electrons. The molecular weight excluding hydrogens is 459 g/mol. The minimum atomic E-state index is -0.324. The molecular formula is C28H37FN4O3.